The molecule has 0 unspecified atom stereocenters. The normalized spacial score (nSPS) is 11.9. The minimum atomic E-state index is -3.76. The summed E-state index contributed by atoms with van der Waals surface area (Å²) in [6, 6.07) is 19.6. The summed E-state index contributed by atoms with van der Waals surface area (Å²) < 4.78 is 30.9. The van der Waals surface area contributed by atoms with Crippen molar-refractivity contribution in [2.45, 2.75) is 28.7 Å². The highest BCUT2D eigenvalue weighted by Crippen LogP contribution is 2.25. The molecule has 0 aliphatic heterocycles. The van der Waals surface area contributed by atoms with Crippen LogP contribution in [0.1, 0.15) is 23.7 Å². The van der Waals surface area contributed by atoms with Crippen LogP contribution in [0.4, 0.5) is 0 Å². The highest BCUT2D eigenvalue weighted by atomic mass is 35.5. The molecule has 0 radical (unpaired) electrons. The van der Waals surface area contributed by atoms with Gasteiger partial charge in [-0.2, -0.15) is 0 Å². The highest BCUT2D eigenvalue weighted by Gasteiger charge is 2.18. The Labute approximate surface area is 216 Å². The highest BCUT2D eigenvalue weighted by molar-refractivity contribution is 7.91. The molecule has 7 nitrogen and oxygen atoms in total. The van der Waals surface area contributed by atoms with E-state index >= 15 is 0 Å². The quantitative estimate of drug-likeness (QED) is 0.294. The molecule has 0 amide bonds. The van der Waals surface area contributed by atoms with Crippen molar-refractivity contribution in [1.29, 1.82) is 0 Å². The van der Waals surface area contributed by atoms with Crippen molar-refractivity contribution >= 4 is 39.8 Å². The SMILES string of the molecule is Cl.O=C(O)COc1cccc(S(=O)(=O)c2ccc(CCCNC[C@H](O)c3cccc(Cl)c3)cc2)c1. The number of aliphatic hydroxyl groups excluding tert-OH is 1. The van der Waals surface area contributed by atoms with Crippen molar-refractivity contribution in [3.8, 4) is 5.75 Å². The number of carbonyl (C=O) groups is 1. The average molecular weight is 540 g/mol. The lowest BCUT2D eigenvalue weighted by Gasteiger charge is -2.12. The van der Waals surface area contributed by atoms with Gasteiger partial charge in [0.1, 0.15) is 5.75 Å². The van der Waals surface area contributed by atoms with Crippen molar-refractivity contribution in [2.75, 3.05) is 19.7 Å². The van der Waals surface area contributed by atoms with Crippen molar-refractivity contribution in [1.82, 2.24) is 5.32 Å². The Morgan fingerprint density at radius 2 is 1.71 bits per heavy atom. The monoisotopic (exact) mass is 539 g/mol. The minimum Gasteiger partial charge on any atom is -0.482 e. The lowest BCUT2D eigenvalue weighted by molar-refractivity contribution is -0.139. The number of ether oxygens (including phenoxy) is 1. The second-order valence-corrected chi connectivity index (χ2v) is 10.1. The first-order valence-corrected chi connectivity index (χ1v) is 12.5. The van der Waals surface area contributed by atoms with E-state index in [1.807, 2.05) is 6.07 Å². The summed E-state index contributed by atoms with van der Waals surface area (Å²) in [7, 11) is -3.76. The fourth-order valence-electron chi connectivity index (χ4n) is 3.34. The number of aliphatic hydroxyl groups is 1. The van der Waals surface area contributed by atoms with Crippen LogP contribution in [0.2, 0.25) is 5.02 Å². The first-order valence-electron chi connectivity index (χ1n) is 10.7. The van der Waals surface area contributed by atoms with Gasteiger partial charge in [-0.05, 0) is 73.0 Å². The van der Waals surface area contributed by atoms with Crippen molar-refractivity contribution in [2.24, 2.45) is 0 Å². The van der Waals surface area contributed by atoms with Gasteiger partial charge < -0.3 is 20.3 Å². The van der Waals surface area contributed by atoms with Gasteiger partial charge in [-0.1, -0.05) is 41.9 Å². The van der Waals surface area contributed by atoms with E-state index < -0.39 is 28.5 Å². The molecule has 3 N–H and O–H groups in total. The molecule has 188 valence electrons. The fourth-order valence-corrected chi connectivity index (χ4v) is 4.83. The van der Waals surface area contributed by atoms with Gasteiger partial charge in [0, 0.05) is 11.6 Å². The maximum Gasteiger partial charge on any atom is 0.341 e. The Morgan fingerprint density at radius 1 is 1.00 bits per heavy atom. The van der Waals surface area contributed by atoms with Crippen LogP contribution in [-0.4, -0.2) is 44.3 Å². The molecule has 0 spiro atoms. The van der Waals surface area contributed by atoms with Gasteiger partial charge in [0.2, 0.25) is 9.84 Å². The summed E-state index contributed by atoms with van der Waals surface area (Å²) in [6.45, 7) is 0.556. The number of nitrogens with one attached hydrogen (secondary N) is 1. The molecule has 3 rings (SSSR count). The van der Waals surface area contributed by atoms with E-state index in [0.717, 1.165) is 24.0 Å². The summed E-state index contributed by atoms with van der Waals surface area (Å²) in [6.07, 6.45) is 0.924. The zero-order valence-electron chi connectivity index (χ0n) is 18.8. The molecular formula is C25H27Cl2NO6S. The zero-order chi connectivity index (χ0) is 24.6. The van der Waals surface area contributed by atoms with Gasteiger partial charge in [0.05, 0.1) is 15.9 Å². The van der Waals surface area contributed by atoms with Gasteiger partial charge >= 0.3 is 5.97 Å². The fraction of sp³-hybridized carbons (Fsp3) is 0.240. The van der Waals surface area contributed by atoms with E-state index in [2.05, 4.69) is 5.32 Å². The number of halogens is 2. The van der Waals surface area contributed by atoms with E-state index in [1.165, 1.54) is 24.3 Å². The van der Waals surface area contributed by atoms with Gasteiger partial charge in [-0.25, -0.2) is 13.2 Å². The molecule has 0 aromatic heterocycles. The molecule has 0 fully saturated rings. The second kappa shape index (κ2) is 13.5. The number of sulfone groups is 1. The largest absolute Gasteiger partial charge is 0.482 e. The van der Waals surface area contributed by atoms with Crippen LogP contribution >= 0.6 is 24.0 Å². The first kappa shape index (κ1) is 28.6. The van der Waals surface area contributed by atoms with E-state index in [9.17, 15) is 18.3 Å². The summed E-state index contributed by atoms with van der Waals surface area (Å²) >= 11 is 5.95. The predicted octanol–water partition coefficient (Wildman–Crippen LogP) is 4.31. The Kier molecular flexibility index (Phi) is 11.0. The van der Waals surface area contributed by atoms with E-state index in [0.29, 0.717) is 18.1 Å². The summed E-state index contributed by atoms with van der Waals surface area (Å²) in [5.74, 6) is -0.968. The Morgan fingerprint density at radius 3 is 2.40 bits per heavy atom. The number of carboxylic acid groups (broad SMARTS) is 1. The van der Waals surface area contributed by atoms with Crippen LogP contribution in [0.15, 0.2) is 82.6 Å². The standard InChI is InChI=1S/C25H26ClNO6S.ClH/c26-20-6-1-5-19(14-20)24(28)16-27-13-3-4-18-9-11-22(12-10-18)34(31,32)23-8-2-7-21(15-23)33-17-25(29)30;/h1-2,5-12,14-15,24,27-28H,3-4,13,16-17H2,(H,29,30);1H/t24-;/m0./s1. The Balaban J connectivity index is 0.00000432. The molecule has 10 heteroatoms. The lowest BCUT2D eigenvalue weighted by Crippen LogP contribution is -2.22. The van der Waals surface area contributed by atoms with Crippen LogP contribution < -0.4 is 10.1 Å². The maximum atomic E-state index is 12.9. The molecular weight excluding hydrogens is 513 g/mol. The topological polar surface area (TPSA) is 113 Å². The summed E-state index contributed by atoms with van der Waals surface area (Å²) in [4.78, 5) is 10.8. The summed E-state index contributed by atoms with van der Waals surface area (Å²) in [5.41, 5.74) is 1.76. The average Bonchev–Trinajstić information content (AvgIpc) is 2.83. The lowest BCUT2D eigenvalue weighted by atomic mass is 10.1. The number of rotatable bonds is 12. The van der Waals surface area contributed by atoms with Gasteiger partial charge in [0.15, 0.2) is 6.61 Å². The number of aryl methyl sites for hydroxylation is 1. The van der Waals surface area contributed by atoms with Gasteiger partial charge in [0.25, 0.3) is 0 Å². The van der Waals surface area contributed by atoms with Crippen LogP contribution in [0.5, 0.6) is 5.75 Å². The number of hydrogen-bond donors (Lipinski definition) is 3. The van der Waals surface area contributed by atoms with Crippen LogP contribution in [0.25, 0.3) is 0 Å². The predicted molar refractivity (Wildman–Crippen MR) is 136 cm³/mol. The third kappa shape index (κ3) is 8.52. The van der Waals surface area contributed by atoms with E-state index in [4.69, 9.17) is 21.4 Å². The third-order valence-corrected chi connectivity index (χ3v) is 7.10. The van der Waals surface area contributed by atoms with Crippen molar-refractivity contribution < 1.29 is 28.2 Å². The van der Waals surface area contributed by atoms with Gasteiger partial charge in [-0.3, -0.25) is 0 Å². The molecule has 0 heterocycles. The van der Waals surface area contributed by atoms with Crippen molar-refractivity contribution in [3.05, 3.63) is 88.9 Å². The Hall–Kier alpha value is -2.62. The number of hydrogen-bond acceptors (Lipinski definition) is 6. The molecule has 3 aromatic rings. The van der Waals surface area contributed by atoms with E-state index in [1.54, 1.807) is 42.5 Å². The van der Waals surface area contributed by atoms with Crippen LogP contribution in [-0.2, 0) is 21.1 Å². The molecule has 0 aliphatic rings. The van der Waals surface area contributed by atoms with E-state index in [-0.39, 0.29) is 27.9 Å². The molecule has 0 saturated carbocycles. The molecule has 1 atom stereocenters. The van der Waals surface area contributed by atoms with Gasteiger partial charge in [-0.15, -0.1) is 12.4 Å². The Bertz CT molecular complexity index is 1220. The number of aliphatic carboxylic acids is 1. The molecule has 0 aliphatic carbocycles. The smallest absolute Gasteiger partial charge is 0.341 e. The summed E-state index contributed by atoms with van der Waals surface area (Å²) in [5, 5.41) is 22.7. The molecule has 0 bridgehead atoms. The zero-order valence-corrected chi connectivity index (χ0v) is 21.2. The molecule has 0 saturated heterocycles. The van der Waals surface area contributed by atoms with Crippen LogP contribution in [0, 0.1) is 0 Å². The first-order chi connectivity index (χ1) is 16.3. The molecule has 35 heavy (non-hydrogen) atoms. The number of benzene rings is 3. The maximum absolute atomic E-state index is 12.9. The molecule has 3 aromatic carbocycles. The third-order valence-electron chi connectivity index (χ3n) is 5.10. The van der Waals surface area contributed by atoms with Crippen molar-refractivity contribution in [3.63, 3.8) is 0 Å². The number of carboxylic acids is 1. The van der Waals surface area contributed by atoms with Crippen LogP contribution in [0.3, 0.4) is 0 Å². The minimum absolute atomic E-state index is 0. The second-order valence-electron chi connectivity index (χ2n) is 7.68.